The number of hydrogen-bond donors (Lipinski definition) is 2. The Morgan fingerprint density at radius 3 is 2.18 bits per heavy atom. The Morgan fingerprint density at radius 2 is 1.65 bits per heavy atom. The van der Waals surface area contributed by atoms with E-state index < -0.39 is 6.04 Å². The molecule has 3 unspecified atom stereocenters. The van der Waals surface area contributed by atoms with E-state index in [0.717, 1.165) is 12.8 Å². The standard InChI is InChI=1S/C28H44N2O4/c1-18(2)15-20(5)23-17-28(25(23)21-7-9-22(31)10-8-21)11-13-30(14-12-28)27(33)29-24(16-19(3)4)26(32)34-6/h7-10,18-20,23-25,31H,11-17H2,1-6H3,(H,29,33)/t20?,23?,24-,25?/m0/s1. The summed E-state index contributed by atoms with van der Waals surface area (Å²) in [7, 11) is 1.36. The van der Waals surface area contributed by atoms with Crippen molar-refractivity contribution in [2.45, 2.75) is 78.7 Å². The van der Waals surface area contributed by atoms with Crippen LogP contribution in [0.5, 0.6) is 5.75 Å². The van der Waals surface area contributed by atoms with Crippen LogP contribution in [0.15, 0.2) is 24.3 Å². The minimum absolute atomic E-state index is 0.170. The molecule has 2 aliphatic rings. The van der Waals surface area contributed by atoms with Gasteiger partial charge in [-0.25, -0.2) is 9.59 Å². The fraction of sp³-hybridized carbons (Fsp3) is 0.714. The normalized spacial score (nSPS) is 23.5. The molecular formula is C28H44N2O4. The number of urea groups is 1. The zero-order valence-electron chi connectivity index (χ0n) is 21.8. The van der Waals surface area contributed by atoms with Crippen LogP contribution in [-0.4, -0.2) is 48.2 Å². The SMILES string of the molecule is COC(=O)[C@H](CC(C)C)NC(=O)N1CCC2(CC1)CC(C(C)CC(C)C)C2c1ccc(O)cc1. The summed E-state index contributed by atoms with van der Waals surface area (Å²) in [5.41, 5.74) is 1.51. The number of nitrogens with zero attached hydrogens (tertiary/aromatic N) is 1. The molecule has 190 valence electrons. The van der Waals surface area contributed by atoms with Crippen LogP contribution in [0.1, 0.15) is 78.2 Å². The molecule has 1 saturated carbocycles. The first-order valence-electron chi connectivity index (χ1n) is 13.0. The molecule has 2 fully saturated rings. The number of methoxy groups -OCH3 is 1. The summed E-state index contributed by atoms with van der Waals surface area (Å²) < 4.78 is 4.90. The summed E-state index contributed by atoms with van der Waals surface area (Å²) in [5.74, 6) is 2.59. The fourth-order valence-electron chi connectivity index (χ4n) is 6.48. The van der Waals surface area contributed by atoms with Gasteiger partial charge in [0, 0.05) is 13.1 Å². The van der Waals surface area contributed by atoms with Crippen molar-refractivity contribution < 1.29 is 19.4 Å². The highest BCUT2D eigenvalue weighted by Crippen LogP contribution is 2.64. The summed E-state index contributed by atoms with van der Waals surface area (Å²) in [6.07, 6.45) is 4.90. The zero-order valence-corrected chi connectivity index (χ0v) is 21.8. The second kappa shape index (κ2) is 11.0. The maximum absolute atomic E-state index is 13.0. The lowest BCUT2D eigenvalue weighted by molar-refractivity contribution is -0.143. The topological polar surface area (TPSA) is 78.9 Å². The van der Waals surface area contributed by atoms with E-state index in [0.29, 0.717) is 48.9 Å². The van der Waals surface area contributed by atoms with Crippen LogP contribution in [0, 0.1) is 29.1 Å². The Hall–Kier alpha value is -2.24. The van der Waals surface area contributed by atoms with Gasteiger partial charge in [-0.3, -0.25) is 0 Å². The number of ether oxygens (including phenoxy) is 1. The average molecular weight is 473 g/mol. The maximum atomic E-state index is 13.0. The molecule has 1 aliphatic carbocycles. The molecule has 2 amide bonds. The number of hydrogen-bond acceptors (Lipinski definition) is 4. The van der Waals surface area contributed by atoms with Crippen molar-refractivity contribution in [3.8, 4) is 5.75 Å². The summed E-state index contributed by atoms with van der Waals surface area (Å²) in [4.78, 5) is 27.0. The lowest BCUT2D eigenvalue weighted by Crippen LogP contribution is -2.57. The molecule has 0 bridgehead atoms. The second-order valence-corrected chi connectivity index (χ2v) is 11.5. The van der Waals surface area contributed by atoms with Crippen LogP contribution in [0.2, 0.25) is 0 Å². The highest BCUT2D eigenvalue weighted by atomic mass is 16.5. The molecular weight excluding hydrogens is 428 g/mol. The van der Waals surface area contributed by atoms with Gasteiger partial charge in [-0.05, 0) is 84.8 Å². The molecule has 0 radical (unpaired) electrons. The Balaban J connectivity index is 1.69. The van der Waals surface area contributed by atoms with Gasteiger partial charge in [-0.2, -0.15) is 0 Å². The minimum atomic E-state index is -0.608. The Morgan fingerprint density at radius 1 is 1.06 bits per heavy atom. The number of rotatable bonds is 8. The number of esters is 1. The summed E-state index contributed by atoms with van der Waals surface area (Å²) >= 11 is 0. The molecule has 1 heterocycles. The Bertz CT molecular complexity index is 827. The van der Waals surface area contributed by atoms with Crippen molar-refractivity contribution in [1.82, 2.24) is 10.2 Å². The first-order chi connectivity index (χ1) is 16.1. The molecule has 2 N–H and O–H groups in total. The van der Waals surface area contributed by atoms with Crippen LogP contribution in [0.3, 0.4) is 0 Å². The minimum Gasteiger partial charge on any atom is -0.508 e. The second-order valence-electron chi connectivity index (χ2n) is 11.5. The predicted molar refractivity (Wildman–Crippen MR) is 135 cm³/mol. The van der Waals surface area contributed by atoms with E-state index in [4.69, 9.17) is 4.74 Å². The molecule has 1 saturated heterocycles. The molecule has 3 rings (SSSR count). The molecule has 6 nitrogen and oxygen atoms in total. The van der Waals surface area contributed by atoms with Gasteiger partial charge in [0.15, 0.2) is 0 Å². The van der Waals surface area contributed by atoms with Crippen LogP contribution in [0.4, 0.5) is 4.79 Å². The highest BCUT2D eigenvalue weighted by molar-refractivity contribution is 5.83. The highest BCUT2D eigenvalue weighted by Gasteiger charge is 2.56. The van der Waals surface area contributed by atoms with Crippen molar-refractivity contribution >= 4 is 12.0 Å². The number of nitrogens with one attached hydrogen (secondary N) is 1. The zero-order chi connectivity index (χ0) is 25.0. The number of aromatic hydroxyl groups is 1. The predicted octanol–water partition coefficient (Wildman–Crippen LogP) is 5.56. The first kappa shape index (κ1) is 26.4. The quantitative estimate of drug-likeness (QED) is 0.486. The number of likely N-dealkylation sites (tertiary alicyclic amines) is 1. The number of carbonyl (C=O) groups excluding carboxylic acids is 2. The van der Waals surface area contributed by atoms with Gasteiger partial charge in [0.2, 0.25) is 0 Å². The third-order valence-electron chi connectivity index (χ3n) is 8.09. The molecule has 1 aromatic carbocycles. The van der Waals surface area contributed by atoms with Gasteiger partial charge >= 0.3 is 12.0 Å². The number of amides is 2. The van der Waals surface area contributed by atoms with Gasteiger partial charge in [-0.15, -0.1) is 0 Å². The van der Waals surface area contributed by atoms with E-state index in [9.17, 15) is 14.7 Å². The molecule has 0 aromatic heterocycles. The van der Waals surface area contributed by atoms with Gasteiger partial charge in [-0.1, -0.05) is 46.8 Å². The van der Waals surface area contributed by atoms with Crippen LogP contribution in [-0.2, 0) is 9.53 Å². The van der Waals surface area contributed by atoms with Crippen molar-refractivity contribution in [2.75, 3.05) is 20.2 Å². The number of carbonyl (C=O) groups is 2. The molecule has 1 aromatic rings. The monoisotopic (exact) mass is 472 g/mol. The van der Waals surface area contributed by atoms with E-state index in [1.165, 1.54) is 25.5 Å². The molecule has 6 heteroatoms. The molecule has 1 aliphatic heterocycles. The Labute approximate surface area is 205 Å². The van der Waals surface area contributed by atoms with Gasteiger partial charge in [0.25, 0.3) is 0 Å². The summed E-state index contributed by atoms with van der Waals surface area (Å²) in [5, 5.41) is 12.7. The van der Waals surface area contributed by atoms with Crippen LogP contribution in [0.25, 0.3) is 0 Å². The number of phenols is 1. The third-order valence-corrected chi connectivity index (χ3v) is 8.09. The van der Waals surface area contributed by atoms with E-state index >= 15 is 0 Å². The van der Waals surface area contributed by atoms with Crippen LogP contribution < -0.4 is 5.32 Å². The lowest BCUT2D eigenvalue weighted by atomic mass is 9.45. The summed E-state index contributed by atoms with van der Waals surface area (Å²) in [6.45, 7) is 12.4. The van der Waals surface area contributed by atoms with Crippen LogP contribution >= 0.6 is 0 Å². The third kappa shape index (κ3) is 5.87. The molecule has 4 atom stereocenters. The number of benzene rings is 1. The van der Waals surface area contributed by atoms with Gasteiger partial charge in [0.05, 0.1) is 7.11 Å². The smallest absolute Gasteiger partial charge is 0.328 e. The average Bonchev–Trinajstić information content (AvgIpc) is 2.77. The van der Waals surface area contributed by atoms with Crippen molar-refractivity contribution in [3.63, 3.8) is 0 Å². The molecule has 34 heavy (non-hydrogen) atoms. The number of phenolic OH excluding ortho intramolecular Hbond substituents is 1. The number of piperidine rings is 1. The van der Waals surface area contributed by atoms with Gasteiger partial charge < -0.3 is 20.1 Å². The summed E-state index contributed by atoms with van der Waals surface area (Å²) in [6, 6.07) is 6.99. The van der Waals surface area contributed by atoms with E-state index in [-0.39, 0.29) is 23.3 Å². The maximum Gasteiger partial charge on any atom is 0.328 e. The Kier molecular flexibility index (Phi) is 8.53. The van der Waals surface area contributed by atoms with Gasteiger partial charge in [0.1, 0.15) is 11.8 Å². The van der Waals surface area contributed by atoms with Crippen molar-refractivity contribution in [2.24, 2.45) is 29.1 Å². The van der Waals surface area contributed by atoms with Crippen molar-refractivity contribution in [3.05, 3.63) is 29.8 Å². The van der Waals surface area contributed by atoms with E-state index in [1.54, 1.807) is 12.1 Å². The first-order valence-corrected chi connectivity index (χ1v) is 13.0. The molecule has 1 spiro atoms. The van der Waals surface area contributed by atoms with Crippen molar-refractivity contribution in [1.29, 1.82) is 0 Å². The lowest BCUT2D eigenvalue weighted by Gasteiger charge is -2.61. The van der Waals surface area contributed by atoms with E-state index in [1.807, 2.05) is 18.7 Å². The largest absolute Gasteiger partial charge is 0.508 e. The van der Waals surface area contributed by atoms with E-state index in [2.05, 4.69) is 38.2 Å². The fourth-order valence-corrected chi connectivity index (χ4v) is 6.48.